The van der Waals surface area contributed by atoms with Crippen molar-refractivity contribution in [2.75, 3.05) is 38.3 Å². The van der Waals surface area contributed by atoms with Crippen molar-refractivity contribution < 1.29 is 19.5 Å². The lowest BCUT2D eigenvalue weighted by atomic mass is 10.2. The first-order chi connectivity index (χ1) is 14.9. The fraction of sp³-hybridized carbons (Fsp3) is 0.286. The molecule has 1 saturated heterocycles. The van der Waals surface area contributed by atoms with Crippen molar-refractivity contribution in [3.05, 3.63) is 63.0 Å². The average molecular weight is 442 g/mol. The van der Waals surface area contributed by atoms with Gasteiger partial charge in [0.05, 0.1) is 37.0 Å². The zero-order valence-electron chi connectivity index (χ0n) is 17.1. The van der Waals surface area contributed by atoms with E-state index in [0.717, 1.165) is 24.5 Å². The molecule has 31 heavy (non-hydrogen) atoms. The highest BCUT2D eigenvalue weighted by Crippen LogP contribution is 2.34. The molecule has 0 unspecified atom stereocenters. The Hall–Kier alpha value is -3.37. The monoisotopic (exact) mass is 442 g/mol. The van der Waals surface area contributed by atoms with Crippen molar-refractivity contribution in [1.82, 2.24) is 9.13 Å². The molecule has 4 rings (SSSR count). The third-order valence-corrected chi connectivity index (χ3v) is 5.72. The number of benzene rings is 2. The largest absolute Gasteiger partial charge is 0.496 e. The summed E-state index contributed by atoms with van der Waals surface area (Å²) in [4.78, 5) is 13.3. The fourth-order valence-corrected chi connectivity index (χ4v) is 4.14. The van der Waals surface area contributed by atoms with Gasteiger partial charge in [-0.05, 0) is 55.5 Å². The van der Waals surface area contributed by atoms with Crippen LogP contribution in [0.5, 0.6) is 11.6 Å². The minimum Gasteiger partial charge on any atom is -0.496 e. The van der Waals surface area contributed by atoms with E-state index in [-0.39, 0.29) is 22.0 Å². The van der Waals surface area contributed by atoms with Crippen molar-refractivity contribution >= 4 is 23.6 Å². The predicted octanol–water partition coefficient (Wildman–Crippen LogP) is 3.76. The number of rotatable bonds is 5. The van der Waals surface area contributed by atoms with Crippen molar-refractivity contribution in [1.29, 1.82) is 0 Å². The van der Waals surface area contributed by atoms with Gasteiger partial charge in [0, 0.05) is 24.5 Å². The maximum Gasteiger partial charge on any atom is 0.297 e. The third kappa shape index (κ3) is 3.75. The molecule has 9 nitrogen and oxygen atoms in total. The second-order valence-corrected chi connectivity index (χ2v) is 7.46. The average Bonchev–Trinajstić information content (AvgIpc) is 3.02. The summed E-state index contributed by atoms with van der Waals surface area (Å²) in [6.45, 7) is 4.77. The van der Waals surface area contributed by atoms with Gasteiger partial charge in [-0.2, -0.15) is 0 Å². The van der Waals surface area contributed by atoms with Gasteiger partial charge in [0.15, 0.2) is 4.77 Å². The summed E-state index contributed by atoms with van der Waals surface area (Å²) >= 11 is 5.61. The van der Waals surface area contributed by atoms with Crippen molar-refractivity contribution in [2.45, 2.75) is 6.92 Å². The molecular weight excluding hydrogens is 420 g/mol. The number of nitro benzene ring substituents is 1. The molecule has 0 amide bonds. The molecule has 0 saturated carbocycles. The lowest BCUT2D eigenvalue weighted by Gasteiger charge is -2.29. The van der Waals surface area contributed by atoms with Crippen LogP contribution in [0.2, 0.25) is 0 Å². The van der Waals surface area contributed by atoms with Gasteiger partial charge in [-0.1, -0.05) is 0 Å². The van der Waals surface area contributed by atoms with Crippen LogP contribution < -0.4 is 9.64 Å². The van der Waals surface area contributed by atoms with Crippen molar-refractivity contribution in [2.24, 2.45) is 0 Å². The van der Waals surface area contributed by atoms with E-state index in [1.165, 1.54) is 23.8 Å². The Kier molecular flexibility index (Phi) is 5.66. The van der Waals surface area contributed by atoms with E-state index in [0.29, 0.717) is 24.7 Å². The van der Waals surface area contributed by atoms with Crippen molar-refractivity contribution in [3.63, 3.8) is 0 Å². The number of hydrogen-bond acceptors (Lipinski definition) is 7. The summed E-state index contributed by atoms with van der Waals surface area (Å²) < 4.78 is 13.7. The number of aromatic nitrogens is 2. The number of morpholine rings is 1. The summed E-state index contributed by atoms with van der Waals surface area (Å²) in [5, 5.41) is 22.4. The Bertz CT molecular complexity index is 1180. The molecule has 1 aliphatic rings. The summed E-state index contributed by atoms with van der Waals surface area (Å²) in [5.41, 5.74) is 2.26. The molecule has 1 fully saturated rings. The van der Waals surface area contributed by atoms with E-state index in [1.54, 1.807) is 17.6 Å². The quantitative estimate of drug-likeness (QED) is 0.365. The van der Waals surface area contributed by atoms with Crippen LogP contribution in [0.25, 0.3) is 11.4 Å². The Balaban J connectivity index is 1.79. The molecule has 1 aromatic heterocycles. The number of nitro groups is 1. The Morgan fingerprint density at radius 2 is 1.74 bits per heavy atom. The number of imidazole rings is 1. The topological polar surface area (TPSA) is 94.9 Å². The van der Waals surface area contributed by atoms with E-state index in [1.807, 2.05) is 24.3 Å². The number of aromatic hydroxyl groups is 1. The second kappa shape index (κ2) is 8.40. The number of ether oxygens (including phenoxy) is 2. The molecule has 0 atom stereocenters. The van der Waals surface area contributed by atoms with Crippen LogP contribution in [0.1, 0.15) is 5.69 Å². The molecular formula is C21H22N4O5S. The first-order valence-corrected chi connectivity index (χ1v) is 10.1. The van der Waals surface area contributed by atoms with Gasteiger partial charge >= 0.3 is 0 Å². The number of anilines is 1. The molecule has 1 aliphatic heterocycles. The highest BCUT2D eigenvalue weighted by molar-refractivity contribution is 7.71. The molecule has 2 heterocycles. The molecule has 0 bridgehead atoms. The maximum atomic E-state index is 11.6. The zero-order chi connectivity index (χ0) is 22.1. The zero-order valence-corrected chi connectivity index (χ0v) is 18.0. The molecule has 0 radical (unpaired) electrons. The van der Waals surface area contributed by atoms with E-state index >= 15 is 0 Å². The maximum absolute atomic E-state index is 11.6. The van der Waals surface area contributed by atoms with Crippen LogP contribution >= 0.6 is 12.2 Å². The van der Waals surface area contributed by atoms with Crippen LogP contribution in [-0.2, 0) is 4.74 Å². The highest BCUT2D eigenvalue weighted by atomic mass is 32.1. The third-order valence-electron chi connectivity index (χ3n) is 5.36. The van der Waals surface area contributed by atoms with Gasteiger partial charge in [-0.3, -0.25) is 14.7 Å². The van der Waals surface area contributed by atoms with Gasteiger partial charge in [-0.15, -0.1) is 0 Å². The molecule has 0 spiro atoms. The fourth-order valence-electron chi connectivity index (χ4n) is 3.72. The minimum absolute atomic E-state index is 0.157. The normalized spacial score (nSPS) is 13.9. The number of methoxy groups -OCH3 is 1. The molecule has 3 aromatic rings. The van der Waals surface area contributed by atoms with Crippen LogP contribution in [0.4, 0.5) is 11.4 Å². The minimum atomic E-state index is -0.525. The number of hydrogen-bond donors (Lipinski definition) is 1. The Morgan fingerprint density at radius 1 is 1.10 bits per heavy atom. The van der Waals surface area contributed by atoms with E-state index in [9.17, 15) is 15.2 Å². The first kappa shape index (κ1) is 20.9. The summed E-state index contributed by atoms with van der Waals surface area (Å²) in [7, 11) is 1.43. The second-order valence-electron chi connectivity index (χ2n) is 7.09. The molecule has 0 aliphatic carbocycles. The predicted molar refractivity (Wildman–Crippen MR) is 119 cm³/mol. The lowest BCUT2D eigenvalue weighted by molar-refractivity contribution is -0.384. The first-order valence-electron chi connectivity index (χ1n) is 9.71. The Morgan fingerprint density at radius 3 is 2.35 bits per heavy atom. The van der Waals surface area contributed by atoms with E-state index < -0.39 is 4.92 Å². The molecule has 1 N–H and O–H groups in total. The van der Waals surface area contributed by atoms with Gasteiger partial charge in [-0.25, -0.2) is 4.57 Å². The van der Waals surface area contributed by atoms with Crippen LogP contribution in [0.15, 0.2) is 42.5 Å². The van der Waals surface area contributed by atoms with Crippen molar-refractivity contribution in [3.8, 4) is 23.0 Å². The summed E-state index contributed by atoms with van der Waals surface area (Å²) in [6.07, 6.45) is 0. The van der Waals surface area contributed by atoms with E-state index in [2.05, 4.69) is 4.90 Å². The summed E-state index contributed by atoms with van der Waals surface area (Å²) in [6, 6.07) is 12.2. The summed E-state index contributed by atoms with van der Waals surface area (Å²) in [5.74, 6) is 0.187. The Labute approximate surface area is 183 Å². The van der Waals surface area contributed by atoms with Gasteiger partial charge in [0.2, 0.25) is 5.88 Å². The van der Waals surface area contributed by atoms with E-state index in [4.69, 9.17) is 21.7 Å². The lowest BCUT2D eigenvalue weighted by Crippen LogP contribution is -2.36. The SMILES string of the molecule is COc1ccc(-n2c(O)c(C)n(-c3ccc(N4CCOCC4)cc3)c2=S)c([N+](=O)[O-])c1. The van der Waals surface area contributed by atoms with Gasteiger partial charge in [0.1, 0.15) is 11.4 Å². The number of nitrogens with zero attached hydrogens (tertiary/aromatic N) is 4. The standard InChI is InChI=1S/C21H22N4O5S/c1-14-20(26)24(18-8-7-17(29-2)13-19(18)25(27)28)21(31)23(14)16-5-3-15(4-6-16)22-9-11-30-12-10-22/h3-8,13,26H,9-12H2,1-2H3. The highest BCUT2D eigenvalue weighted by Gasteiger charge is 2.24. The van der Waals surface area contributed by atoms with Crippen LogP contribution in [0.3, 0.4) is 0 Å². The smallest absolute Gasteiger partial charge is 0.297 e. The van der Waals surface area contributed by atoms with Crippen LogP contribution in [0, 0.1) is 21.8 Å². The van der Waals surface area contributed by atoms with Crippen LogP contribution in [-0.4, -0.2) is 52.6 Å². The molecule has 2 aromatic carbocycles. The van der Waals surface area contributed by atoms with Gasteiger partial charge in [0.25, 0.3) is 5.69 Å². The molecule has 162 valence electrons. The molecule has 10 heteroatoms. The van der Waals surface area contributed by atoms with Gasteiger partial charge < -0.3 is 19.5 Å².